The number of aromatic nitrogens is 1. The molecule has 2 N–H and O–H groups in total. The first-order chi connectivity index (χ1) is 7.75. The zero-order chi connectivity index (χ0) is 11.4. The van der Waals surface area contributed by atoms with Crippen LogP contribution >= 0.6 is 21.0 Å². The first-order valence-corrected chi connectivity index (χ1v) is 6.64. The van der Waals surface area contributed by atoms with Crippen LogP contribution in [0.3, 0.4) is 0 Å². The number of pyridine rings is 1. The number of allylic oxidation sites excluding steroid dienone is 2. The van der Waals surface area contributed by atoms with Crippen molar-refractivity contribution in [1.82, 2.24) is 4.98 Å². The number of halogens is 1. The molecule has 0 unspecified atom stereocenters. The average Bonchev–Trinajstić information content (AvgIpc) is 2.30. The number of carboxylic acid groups (broad SMARTS) is 1. The molecule has 2 rings (SSSR count). The topological polar surface area (TPSA) is 74.6 Å². The first kappa shape index (κ1) is 10.9. The third-order valence-corrected chi connectivity index (χ3v) is 3.32. The monoisotopic (exact) mass is 329 g/mol. The van der Waals surface area contributed by atoms with Crippen LogP contribution in [-0.2, 0) is 0 Å². The summed E-state index contributed by atoms with van der Waals surface area (Å²) in [5.74, 6) is 0.256. The van der Waals surface area contributed by atoms with Gasteiger partial charge in [0, 0.05) is 27.2 Å². The van der Waals surface area contributed by atoms with E-state index in [1.807, 2.05) is 16.2 Å². The molecule has 1 aromatic heterocycles. The molecule has 0 spiro atoms. The Labute approximate surface area is 102 Å². The van der Waals surface area contributed by atoms with Crippen molar-refractivity contribution >= 4 is 32.8 Å². The second kappa shape index (κ2) is 4.97. The Morgan fingerprint density at radius 2 is 2.38 bits per heavy atom. The van der Waals surface area contributed by atoms with Gasteiger partial charge in [-0.3, -0.25) is 0 Å². The molecule has 1 aromatic rings. The largest absolute Gasteiger partial charge is 0.478 e. The van der Waals surface area contributed by atoms with Crippen molar-refractivity contribution in [2.75, 3.05) is 5.32 Å². The van der Waals surface area contributed by atoms with E-state index in [2.05, 4.69) is 13.4 Å². The van der Waals surface area contributed by atoms with Crippen molar-refractivity contribution in [1.29, 1.82) is 0 Å². The number of nitrogens with zero attached hydrogens (tertiary/aromatic N) is 2. The van der Waals surface area contributed by atoms with Gasteiger partial charge in [-0.2, -0.15) is 0 Å². The van der Waals surface area contributed by atoms with Gasteiger partial charge >= 0.3 is 5.97 Å². The lowest BCUT2D eigenvalue weighted by Gasteiger charge is -2.06. The number of hydrogen-bond acceptors (Lipinski definition) is 4. The predicted octanol–water partition coefficient (Wildman–Crippen LogP) is 2.71. The van der Waals surface area contributed by atoms with Gasteiger partial charge in [0.25, 0.3) is 0 Å². The molecular formula is C10H8IN3O2. The van der Waals surface area contributed by atoms with E-state index in [4.69, 9.17) is 5.11 Å². The van der Waals surface area contributed by atoms with E-state index in [1.165, 1.54) is 18.3 Å². The summed E-state index contributed by atoms with van der Waals surface area (Å²) in [5, 5.41) is 11.8. The summed E-state index contributed by atoms with van der Waals surface area (Å²) in [7, 11) is 0. The van der Waals surface area contributed by atoms with Gasteiger partial charge in [-0.15, -0.1) is 0 Å². The van der Waals surface area contributed by atoms with Crippen LogP contribution < -0.4 is 5.32 Å². The van der Waals surface area contributed by atoms with Crippen molar-refractivity contribution in [2.24, 2.45) is 3.15 Å². The van der Waals surface area contributed by atoms with E-state index >= 15 is 0 Å². The van der Waals surface area contributed by atoms with Crippen molar-refractivity contribution in [3.63, 3.8) is 0 Å². The number of anilines is 1. The summed E-state index contributed by atoms with van der Waals surface area (Å²) in [6.07, 6.45) is 5.22. The number of aromatic carboxylic acids is 1. The van der Waals surface area contributed by atoms with Gasteiger partial charge in [0.2, 0.25) is 0 Å². The van der Waals surface area contributed by atoms with Crippen LogP contribution in [0.1, 0.15) is 10.4 Å². The van der Waals surface area contributed by atoms with E-state index in [-0.39, 0.29) is 26.6 Å². The van der Waals surface area contributed by atoms with Gasteiger partial charge in [0.05, 0.1) is 5.56 Å². The summed E-state index contributed by atoms with van der Waals surface area (Å²) in [4.78, 5) is 14.8. The summed E-state index contributed by atoms with van der Waals surface area (Å²) >= 11 is -0.275. The van der Waals surface area contributed by atoms with Crippen LogP contribution in [0.2, 0.25) is 0 Å². The van der Waals surface area contributed by atoms with Gasteiger partial charge in [0.1, 0.15) is 11.6 Å². The highest BCUT2D eigenvalue weighted by atomic mass is 127. The highest BCUT2D eigenvalue weighted by Gasteiger charge is 2.05. The number of carboxylic acids is 1. The lowest BCUT2D eigenvalue weighted by molar-refractivity contribution is 0.0697. The molecule has 82 valence electrons. The van der Waals surface area contributed by atoms with Crippen LogP contribution in [0.25, 0.3) is 0 Å². The summed E-state index contributed by atoms with van der Waals surface area (Å²) < 4.78 is 6.32. The molecule has 0 atom stereocenters. The van der Waals surface area contributed by atoms with Crippen molar-refractivity contribution in [3.8, 4) is 0 Å². The Kier molecular flexibility index (Phi) is 3.40. The fraction of sp³-hybridized carbons (Fsp3) is 0. The molecule has 5 nitrogen and oxygen atoms in total. The minimum Gasteiger partial charge on any atom is -0.478 e. The maximum atomic E-state index is 10.7. The molecule has 0 saturated carbocycles. The minimum absolute atomic E-state index is 0.208. The minimum atomic E-state index is -0.965. The quantitative estimate of drug-likeness (QED) is 0.836. The van der Waals surface area contributed by atoms with E-state index in [9.17, 15) is 4.79 Å². The molecule has 0 radical (unpaired) electrons. The lowest BCUT2D eigenvalue weighted by Crippen LogP contribution is -2.02. The van der Waals surface area contributed by atoms with Crippen LogP contribution in [0.4, 0.5) is 5.82 Å². The van der Waals surface area contributed by atoms with E-state index in [1.54, 1.807) is 0 Å². The zero-order valence-corrected chi connectivity index (χ0v) is 10.2. The normalized spacial score (nSPS) is 13.9. The molecule has 0 bridgehead atoms. The summed E-state index contributed by atoms with van der Waals surface area (Å²) in [5.41, 5.74) is 0.208. The molecular weight excluding hydrogens is 321 g/mol. The lowest BCUT2D eigenvalue weighted by atomic mass is 10.2. The predicted molar refractivity (Wildman–Crippen MR) is 68.5 cm³/mol. The van der Waals surface area contributed by atoms with E-state index < -0.39 is 5.97 Å². The number of rotatable bonds is 3. The number of nitrogens with one attached hydrogen (secondary N) is 1. The summed E-state index contributed by atoms with van der Waals surface area (Å²) in [6, 6.07) is 2.93. The molecule has 0 fully saturated rings. The van der Waals surface area contributed by atoms with Gasteiger partial charge < -0.3 is 10.4 Å². The number of hydrogen-bond donors (Lipinski definition) is 2. The van der Waals surface area contributed by atoms with E-state index in [0.717, 1.165) is 5.82 Å². The van der Waals surface area contributed by atoms with Crippen molar-refractivity contribution in [2.45, 2.75) is 0 Å². The smallest absolute Gasteiger partial charge is 0.335 e. The number of carbonyl (C=O) groups is 1. The van der Waals surface area contributed by atoms with E-state index in [0.29, 0.717) is 5.82 Å². The van der Waals surface area contributed by atoms with Crippen molar-refractivity contribution in [3.05, 3.63) is 45.9 Å². The molecule has 16 heavy (non-hydrogen) atoms. The maximum absolute atomic E-state index is 10.7. The molecule has 0 aliphatic carbocycles. The Balaban J connectivity index is 2.19. The Bertz CT molecular complexity index is 509. The molecule has 1 aliphatic rings. The fourth-order valence-corrected chi connectivity index (χ4v) is 2.23. The van der Waals surface area contributed by atoms with Gasteiger partial charge in [-0.1, -0.05) is 6.08 Å². The van der Waals surface area contributed by atoms with Gasteiger partial charge in [0.15, 0.2) is 0 Å². The third kappa shape index (κ3) is 2.72. The highest BCUT2D eigenvalue weighted by Crippen LogP contribution is 2.17. The Hall–Kier alpha value is -1.57. The zero-order valence-electron chi connectivity index (χ0n) is 8.09. The molecule has 6 heteroatoms. The molecule has 0 amide bonds. The summed E-state index contributed by atoms with van der Waals surface area (Å²) in [6.45, 7) is 0. The van der Waals surface area contributed by atoms with Crippen LogP contribution in [-0.4, -0.2) is 16.1 Å². The fourth-order valence-electron chi connectivity index (χ4n) is 1.09. The average molecular weight is 329 g/mol. The van der Waals surface area contributed by atoms with Crippen LogP contribution in [0.15, 0.2) is 43.5 Å². The Morgan fingerprint density at radius 3 is 3.06 bits per heavy atom. The molecule has 0 aromatic carbocycles. The second-order valence-electron chi connectivity index (χ2n) is 2.91. The molecule has 1 aliphatic heterocycles. The Morgan fingerprint density at radius 1 is 1.50 bits per heavy atom. The maximum Gasteiger partial charge on any atom is 0.335 e. The van der Waals surface area contributed by atoms with Crippen LogP contribution in [0.5, 0.6) is 0 Å². The van der Waals surface area contributed by atoms with Crippen LogP contribution in [0, 0.1) is 0 Å². The highest BCUT2D eigenvalue weighted by molar-refractivity contribution is 14.2. The van der Waals surface area contributed by atoms with Gasteiger partial charge in [-0.25, -0.2) is 12.9 Å². The van der Waals surface area contributed by atoms with Gasteiger partial charge in [-0.05, 0) is 22.3 Å². The first-order valence-electron chi connectivity index (χ1n) is 4.43. The second-order valence-corrected chi connectivity index (χ2v) is 4.67. The SMILES string of the molecule is O=C(O)c1ccnc(NC2=CC=CI=N2)c1. The third-order valence-electron chi connectivity index (χ3n) is 1.79. The van der Waals surface area contributed by atoms with Crippen molar-refractivity contribution < 1.29 is 9.90 Å². The standard InChI is InChI=1S/C10H8IN3O2/c15-10(16)7-3-5-12-9(6-7)13-8-2-1-4-11-14-8/h1-6H,(H,15,16)(H,12,13,14). The molecule has 2 heterocycles. The molecule has 0 saturated heterocycles.